The number of carbonyl (C=O) groups excluding carboxylic acids is 8. The van der Waals surface area contributed by atoms with E-state index in [2.05, 4.69) is 35.9 Å². The molecule has 2 aliphatic heterocycles. The van der Waals surface area contributed by atoms with Crippen molar-refractivity contribution in [2.24, 2.45) is 0 Å². The molecule has 4 atom stereocenters. The summed E-state index contributed by atoms with van der Waals surface area (Å²) >= 11 is 8.32. The zero-order chi connectivity index (χ0) is 43.8. The summed E-state index contributed by atoms with van der Waals surface area (Å²) in [6.45, 7) is 4.82. The number of rotatable bonds is 18. The Morgan fingerprint density at radius 2 is 1.03 bits per heavy atom. The molecule has 2 saturated heterocycles. The summed E-state index contributed by atoms with van der Waals surface area (Å²) in [7, 11) is 0. The minimum absolute atomic E-state index is 0.00319. The Bertz CT molecular complexity index is 2180. The van der Waals surface area contributed by atoms with Crippen molar-refractivity contribution in [2.75, 3.05) is 37.8 Å². The Hall–Kier alpha value is -5.62. The number of carbonyl (C=O) groups is 8. The second-order valence-electron chi connectivity index (χ2n) is 14.8. The molecule has 2 aromatic carbocycles. The van der Waals surface area contributed by atoms with E-state index in [1.807, 2.05) is 33.4 Å². The van der Waals surface area contributed by atoms with Crippen LogP contribution in [-0.4, -0.2) is 128 Å². The molecule has 0 spiro atoms. The van der Waals surface area contributed by atoms with Gasteiger partial charge in [-0.3, -0.25) is 28.8 Å². The molecule has 2 N–H and O–H groups in total. The number of para-hydroxylation sites is 2. The number of aromatic nitrogens is 2. The first-order valence-corrected chi connectivity index (χ1v) is 21.7. The fourth-order valence-electron chi connectivity index (χ4n) is 8.07. The standard InChI is InChI=1S/C43H50N6O10S2/c1-3-58-42(56)30(24-60)44-38(52)34-16-9-20-48(34)40(54)36(50)28-22-46(32-14-7-5-12-26(28)32)18-11-19-47-23-29(27-13-6-8-15-33(27)47)37(51)41(55)49-21-10-17-35(49)39(53)45-31(25-61)43(57)59-4-2/h5-8,12-15,22-23,30-31,34-35,60-61H,3-4,9-11,16-21,24-25H2,1-2H3,(H,44,52)(H,45,53)/t30-,31-,34-,35?/m0/s1. The van der Waals surface area contributed by atoms with Crippen LogP contribution in [0.3, 0.4) is 0 Å². The smallest absolute Gasteiger partial charge is 0.329 e. The summed E-state index contributed by atoms with van der Waals surface area (Å²) in [5, 5.41) is 6.38. The molecule has 324 valence electrons. The summed E-state index contributed by atoms with van der Waals surface area (Å²) in [6, 6.07) is 10.6. The molecule has 0 aliphatic carbocycles. The second kappa shape index (κ2) is 20.3. The van der Waals surface area contributed by atoms with Gasteiger partial charge in [0, 0.05) is 71.9 Å². The van der Waals surface area contributed by atoms with E-state index in [0.717, 1.165) is 11.0 Å². The number of fused-ring (bicyclic) bond motifs is 2. The maximum Gasteiger partial charge on any atom is 0.329 e. The predicted octanol–water partition coefficient (Wildman–Crippen LogP) is 2.99. The maximum atomic E-state index is 13.9. The van der Waals surface area contributed by atoms with Gasteiger partial charge in [0.2, 0.25) is 11.8 Å². The van der Waals surface area contributed by atoms with Crippen LogP contribution in [-0.2, 0) is 51.3 Å². The summed E-state index contributed by atoms with van der Waals surface area (Å²) in [6.07, 6.45) is 5.48. The zero-order valence-corrected chi connectivity index (χ0v) is 35.8. The highest BCUT2D eigenvalue weighted by Crippen LogP contribution is 2.28. The van der Waals surface area contributed by atoms with E-state index in [1.165, 1.54) is 9.80 Å². The lowest BCUT2D eigenvalue weighted by Crippen LogP contribution is -2.52. The third-order valence-electron chi connectivity index (χ3n) is 11.0. The van der Waals surface area contributed by atoms with E-state index in [1.54, 1.807) is 50.5 Å². The number of benzene rings is 2. The minimum Gasteiger partial charge on any atom is -0.464 e. The SMILES string of the molecule is CCOC(=O)[C@H](CS)NC(=O)C1CCCN1C(=O)C(=O)c1cn(CCCn2cc(C(=O)C(=O)N3CCC[C@H]3C(=O)N[C@@H](CS)C(=O)OCC)c3ccccc32)c2ccccc12. The fraction of sp³-hybridized carbons (Fsp3) is 0.442. The lowest BCUT2D eigenvalue weighted by atomic mass is 10.1. The number of amides is 4. The van der Waals surface area contributed by atoms with Gasteiger partial charge in [-0.2, -0.15) is 25.3 Å². The topological polar surface area (TPSA) is 195 Å². The van der Waals surface area contributed by atoms with Gasteiger partial charge in [0.05, 0.1) is 24.3 Å². The van der Waals surface area contributed by atoms with Crippen LogP contribution in [0.5, 0.6) is 0 Å². The molecule has 1 unspecified atom stereocenters. The van der Waals surface area contributed by atoms with Crippen LogP contribution in [0, 0.1) is 0 Å². The number of ketones is 2. The van der Waals surface area contributed by atoms with E-state index in [4.69, 9.17) is 9.47 Å². The molecule has 0 radical (unpaired) electrons. The largest absolute Gasteiger partial charge is 0.464 e. The van der Waals surface area contributed by atoms with Crippen molar-refractivity contribution in [3.63, 3.8) is 0 Å². The van der Waals surface area contributed by atoms with Crippen LogP contribution in [0.2, 0.25) is 0 Å². The van der Waals surface area contributed by atoms with Gasteiger partial charge in [-0.15, -0.1) is 0 Å². The Balaban J connectivity index is 1.15. The van der Waals surface area contributed by atoms with E-state index in [-0.39, 0.29) is 48.9 Å². The Morgan fingerprint density at radius 1 is 0.639 bits per heavy atom. The Kier molecular flexibility index (Phi) is 14.9. The highest BCUT2D eigenvalue weighted by molar-refractivity contribution is 7.80. The number of hydrogen-bond acceptors (Lipinski definition) is 12. The number of hydrogen-bond donors (Lipinski definition) is 4. The van der Waals surface area contributed by atoms with Crippen LogP contribution in [0.15, 0.2) is 60.9 Å². The minimum atomic E-state index is -0.999. The van der Waals surface area contributed by atoms with E-state index in [0.29, 0.717) is 56.0 Å². The number of esters is 2. The monoisotopic (exact) mass is 874 g/mol. The average Bonchev–Trinajstić information content (AvgIpc) is 4.09. The zero-order valence-electron chi connectivity index (χ0n) is 34.0. The van der Waals surface area contributed by atoms with Gasteiger partial charge in [0.15, 0.2) is 0 Å². The first kappa shape index (κ1) is 44.9. The van der Waals surface area contributed by atoms with Crippen molar-refractivity contribution in [3.05, 3.63) is 72.1 Å². The first-order valence-electron chi connectivity index (χ1n) is 20.5. The fourth-order valence-corrected chi connectivity index (χ4v) is 8.55. The lowest BCUT2D eigenvalue weighted by Gasteiger charge is -2.25. The van der Waals surface area contributed by atoms with Gasteiger partial charge in [-0.1, -0.05) is 36.4 Å². The van der Waals surface area contributed by atoms with Gasteiger partial charge in [-0.25, -0.2) is 9.59 Å². The summed E-state index contributed by atoms with van der Waals surface area (Å²) in [4.78, 5) is 109. The van der Waals surface area contributed by atoms with Crippen molar-refractivity contribution in [1.29, 1.82) is 0 Å². The van der Waals surface area contributed by atoms with E-state index >= 15 is 0 Å². The van der Waals surface area contributed by atoms with Crippen LogP contribution < -0.4 is 10.6 Å². The molecule has 4 aromatic rings. The highest BCUT2D eigenvalue weighted by atomic mass is 32.1. The van der Waals surface area contributed by atoms with Crippen molar-refractivity contribution in [1.82, 2.24) is 29.6 Å². The van der Waals surface area contributed by atoms with E-state index in [9.17, 15) is 38.4 Å². The van der Waals surface area contributed by atoms with Crippen molar-refractivity contribution in [2.45, 2.75) is 83.2 Å². The number of thiol groups is 2. The van der Waals surface area contributed by atoms with Gasteiger partial charge in [0.1, 0.15) is 24.2 Å². The number of aryl methyl sites for hydroxylation is 2. The Labute approximate surface area is 363 Å². The normalized spacial score (nSPS) is 17.2. The molecule has 0 bridgehead atoms. The van der Waals surface area contributed by atoms with Crippen molar-refractivity contribution in [3.8, 4) is 0 Å². The number of likely N-dealkylation sites (tertiary alicyclic amines) is 2. The molecule has 16 nitrogen and oxygen atoms in total. The summed E-state index contributed by atoms with van der Waals surface area (Å²) < 4.78 is 13.8. The summed E-state index contributed by atoms with van der Waals surface area (Å²) in [5.41, 5.74) is 1.85. The van der Waals surface area contributed by atoms with Crippen LogP contribution in [0.25, 0.3) is 21.8 Å². The molecule has 18 heteroatoms. The van der Waals surface area contributed by atoms with Gasteiger partial charge in [0.25, 0.3) is 23.4 Å². The number of ether oxygens (including phenoxy) is 2. The number of nitrogens with zero attached hydrogens (tertiary/aromatic N) is 4. The molecule has 4 heterocycles. The quantitative estimate of drug-likeness (QED) is 0.0500. The van der Waals surface area contributed by atoms with Crippen molar-refractivity contribution >= 4 is 94.2 Å². The number of Topliss-reactive ketones (excluding diaryl/α,β-unsaturated/α-hetero) is 2. The lowest BCUT2D eigenvalue weighted by molar-refractivity contribution is -0.147. The van der Waals surface area contributed by atoms with Gasteiger partial charge >= 0.3 is 11.9 Å². The second-order valence-corrected chi connectivity index (χ2v) is 15.6. The van der Waals surface area contributed by atoms with Gasteiger partial charge in [-0.05, 0) is 58.1 Å². The average molecular weight is 875 g/mol. The Morgan fingerprint density at radius 3 is 1.41 bits per heavy atom. The summed E-state index contributed by atoms with van der Waals surface area (Å²) in [5.74, 6) is -5.52. The highest BCUT2D eigenvalue weighted by Gasteiger charge is 2.41. The molecule has 4 amide bonds. The molecule has 2 aliphatic rings. The van der Waals surface area contributed by atoms with Crippen LogP contribution in [0.1, 0.15) is 66.7 Å². The maximum absolute atomic E-state index is 13.9. The molecular formula is C43H50N6O10S2. The molecule has 6 rings (SSSR count). The molecule has 0 saturated carbocycles. The molecular weight excluding hydrogens is 825 g/mol. The van der Waals surface area contributed by atoms with Crippen LogP contribution in [0.4, 0.5) is 0 Å². The third kappa shape index (κ3) is 9.64. The molecule has 2 fully saturated rings. The first-order chi connectivity index (χ1) is 29.4. The predicted molar refractivity (Wildman–Crippen MR) is 231 cm³/mol. The molecule has 61 heavy (non-hydrogen) atoms. The van der Waals surface area contributed by atoms with Crippen molar-refractivity contribution < 1.29 is 47.8 Å². The van der Waals surface area contributed by atoms with Crippen LogP contribution >= 0.6 is 25.3 Å². The number of nitrogens with one attached hydrogen (secondary N) is 2. The third-order valence-corrected chi connectivity index (χ3v) is 11.8. The van der Waals surface area contributed by atoms with Gasteiger partial charge < -0.3 is 39.0 Å². The van der Waals surface area contributed by atoms with E-state index < -0.39 is 71.3 Å². The molecule has 2 aromatic heterocycles.